The zero-order chi connectivity index (χ0) is 10.3. The second-order valence-corrected chi connectivity index (χ2v) is 4.38. The summed E-state index contributed by atoms with van der Waals surface area (Å²) >= 11 is 5.77. The molecule has 0 unspecified atom stereocenters. The van der Waals surface area contributed by atoms with Crippen LogP contribution in [-0.4, -0.2) is 19.7 Å². The van der Waals surface area contributed by atoms with Gasteiger partial charge < -0.3 is 0 Å². The molecule has 1 aliphatic carbocycles. The topological polar surface area (TPSA) is 43.6 Å². The second-order valence-electron chi connectivity index (χ2n) is 4.04. The fourth-order valence-electron chi connectivity index (χ4n) is 1.90. The van der Waals surface area contributed by atoms with E-state index in [1.54, 1.807) is 12.4 Å². The summed E-state index contributed by atoms with van der Waals surface area (Å²) in [7, 11) is 0. The lowest BCUT2D eigenvalue weighted by Crippen LogP contribution is -2.18. The van der Waals surface area contributed by atoms with Crippen LogP contribution in [-0.2, 0) is 6.54 Å². The van der Waals surface area contributed by atoms with E-state index in [9.17, 15) is 0 Å². The monoisotopic (exact) mass is 222 g/mol. The standard InChI is InChI=1S/C10H11ClN4/c11-10-12-4-8-5-13-15(9(8)14-10)6-7-2-1-3-7/h4-5,7H,1-3,6H2. The smallest absolute Gasteiger partial charge is 0.224 e. The Labute approximate surface area is 92.3 Å². The van der Waals surface area contributed by atoms with Crippen LogP contribution in [0.2, 0.25) is 5.28 Å². The first-order valence-corrected chi connectivity index (χ1v) is 5.55. The van der Waals surface area contributed by atoms with E-state index in [0.29, 0.717) is 0 Å². The average Bonchev–Trinajstić information content (AvgIpc) is 2.54. The Hall–Kier alpha value is -1.16. The molecule has 0 aromatic carbocycles. The molecule has 0 atom stereocenters. The molecule has 2 aromatic rings. The lowest BCUT2D eigenvalue weighted by atomic mass is 9.85. The first kappa shape index (κ1) is 9.09. The Kier molecular flexibility index (Phi) is 2.09. The fraction of sp³-hybridized carbons (Fsp3) is 0.500. The van der Waals surface area contributed by atoms with Gasteiger partial charge in [-0.25, -0.2) is 9.67 Å². The van der Waals surface area contributed by atoms with Crippen LogP contribution in [0.3, 0.4) is 0 Å². The summed E-state index contributed by atoms with van der Waals surface area (Å²) in [6.45, 7) is 0.955. The van der Waals surface area contributed by atoms with E-state index in [0.717, 1.165) is 23.5 Å². The highest BCUT2D eigenvalue weighted by atomic mass is 35.5. The second kappa shape index (κ2) is 3.45. The Morgan fingerprint density at radius 3 is 3.00 bits per heavy atom. The Morgan fingerprint density at radius 1 is 1.40 bits per heavy atom. The molecule has 0 radical (unpaired) electrons. The first-order chi connectivity index (χ1) is 7.33. The van der Waals surface area contributed by atoms with Crippen LogP contribution in [0.4, 0.5) is 0 Å². The molecule has 1 fully saturated rings. The third-order valence-corrected chi connectivity index (χ3v) is 3.19. The van der Waals surface area contributed by atoms with Crippen molar-refractivity contribution in [3.8, 4) is 0 Å². The maximum absolute atomic E-state index is 5.77. The lowest BCUT2D eigenvalue weighted by molar-refractivity contribution is 0.269. The zero-order valence-corrected chi connectivity index (χ0v) is 8.98. The first-order valence-electron chi connectivity index (χ1n) is 5.17. The summed E-state index contributed by atoms with van der Waals surface area (Å²) in [6.07, 6.45) is 7.47. The molecule has 1 aliphatic rings. The maximum Gasteiger partial charge on any atom is 0.224 e. The van der Waals surface area contributed by atoms with E-state index in [4.69, 9.17) is 11.6 Å². The molecule has 15 heavy (non-hydrogen) atoms. The molecule has 0 spiro atoms. The van der Waals surface area contributed by atoms with Crippen LogP contribution in [0.15, 0.2) is 12.4 Å². The van der Waals surface area contributed by atoms with Crippen molar-refractivity contribution >= 4 is 22.6 Å². The summed E-state index contributed by atoms with van der Waals surface area (Å²) < 4.78 is 1.94. The van der Waals surface area contributed by atoms with Crippen LogP contribution in [0, 0.1) is 5.92 Å². The molecule has 2 aromatic heterocycles. The minimum Gasteiger partial charge on any atom is -0.247 e. The van der Waals surface area contributed by atoms with E-state index in [2.05, 4.69) is 15.1 Å². The van der Waals surface area contributed by atoms with E-state index >= 15 is 0 Å². The predicted octanol–water partition coefficient (Wildman–Crippen LogP) is 2.28. The van der Waals surface area contributed by atoms with Gasteiger partial charge in [0.2, 0.25) is 5.28 Å². The van der Waals surface area contributed by atoms with Gasteiger partial charge in [-0.2, -0.15) is 10.1 Å². The quantitative estimate of drug-likeness (QED) is 0.733. The predicted molar refractivity (Wildman–Crippen MR) is 57.7 cm³/mol. The molecule has 4 nitrogen and oxygen atoms in total. The SMILES string of the molecule is Clc1ncc2cnn(CC3CCC3)c2n1. The molecule has 0 aliphatic heterocycles. The summed E-state index contributed by atoms with van der Waals surface area (Å²) in [5.41, 5.74) is 0.849. The summed E-state index contributed by atoms with van der Waals surface area (Å²) in [6, 6.07) is 0. The molecule has 78 valence electrons. The highest BCUT2D eigenvalue weighted by Gasteiger charge is 2.19. The van der Waals surface area contributed by atoms with Crippen LogP contribution >= 0.6 is 11.6 Å². The van der Waals surface area contributed by atoms with Gasteiger partial charge in [0.25, 0.3) is 0 Å². The van der Waals surface area contributed by atoms with Crippen LogP contribution in [0.5, 0.6) is 0 Å². The van der Waals surface area contributed by atoms with E-state index in [1.165, 1.54) is 19.3 Å². The third-order valence-electron chi connectivity index (χ3n) is 3.00. The van der Waals surface area contributed by atoms with Crippen molar-refractivity contribution in [2.45, 2.75) is 25.8 Å². The maximum atomic E-state index is 5.77. The van der Waals surface area contributed by atoms with Gasteiger partial charge in [0.1, 0.15) is 0 Å². The van der Waals surface area contributed by atoms with Gasteiger partial charge in [-0.15, -0.1) is 0 Å². The molecule has 1 saturated carbocycles. The van der Waals surface area contributed by atoms with Gasteiger partial charge in [0, 0.05) is 12.7 Å². The van der Waals surface area contributed by atoms with E-state index in [-0.39, 0.29) is 5.28 Å². The number of rotatable bonds is 2. The Balaban J connectivity index is 1.98. The Bertz CT molecular complexity index is 489. The van der Waals surface area contributed by atoms with Crippen LogP contribution in [0.25, 0.3) is 11.0 Å². The molecule has 0 bridgehead atoms. The van der Waals surface area contributed by atoms with Gasteiger partial charge in [-0.3, -0.25) is 0 Å². The highest BCUT2D eigenvalue weighted by molar-refractivity contribution is 6.28. The van der Waals surface area contributed by atoms with Gasteiger partial charge >= 0.3 is 0 Å². The molecule has 0 saturated heterocycles. The number of hydrogen-bond acceptors (Lipinski definition) is 3. The molecular formula is C10H11ClN4. The number of aromatic nitrogens is 4. The van der Waals surface area contributed by atoms with Crippen molar-refractivity contribution in [1.29, 1.82) is 0 Å². The van der Waals surface area contributed by atoms with Gasteiger partial charge in [0.05, 0.1) is 11.6 Å². The molecule has 0 N–H and O–H groups in total. The molecule has 3 rings (SSSR count). The molecular weight excluding hydrogens is 212 g/mol. The summed E-state index contributed by atoms with van der Waals surface area (Å²) in [5.74, 6) is 0.766. The van der Waals surface area contributed by atoms with Gasteiger partial charge in [-0.05, 0) is 30.4 Å². The van der Waals surface area contributed by atoms with Crippen molar-refractivity contribution in [1.82, 2.24) is 19.7 Å². The fourth-order valence-corrected chi connectivity index (χ4v) is 2.03. The minimum atomic E-state index is 0.290. The lowest BCUT2D eigenvalue weighted by Gasteiger charge is -2.24. The minimum absolute atomic E-state index is 0.290. The van der Waals surface area contributed by atoms with Crippen molar-refractivity contribution < 1.29 is 0 Å². The van der Waals surface area contributed by atoms with Crippen LogP contribution < -0.4 is 0 Å². The zero-order valence-electron chi connectivity index (χ0n) is 8.23. The average molecular weight is 223 g/mol. The Morgan fingerprint density at radius 2 is 2.27 bits per heavy atom. The largest absolute Gasteiger partial charge is 0.247 e. The number of fused-ring (bicyclic) bond motifs is 1. The molecule has 0 amide bonds. The number of hydrogen-bond donors (Lipinski definition) is 0. The third kappa shape index (κ3) is 1.59. The summed E-state index contributed by atoms with van der Waals surface area (Å²) in [4.78, 5) is 8.14. The van der Waals surface area contributed by atoms with Gasteiger partial charge in [-0.1, -0.05) is 6.42 Å². The van der Waals surface area contributed by atoms with E-state index in [1.807, 2.05) is 4.68 Å². The molecule has 2 heterocycles. The highest BCUT2D eigenvalue weighted by Crippen LogP contribution is 2.28. The number of nitrogens with zero attached hydrogens (tertiary/aromatic N) is 4. The number of halogens is 1. The van der Waals surface area contributed by atoms with Crippen molar-refractivity contribution in [3.05, 3.63) is 17.7 Å². The van der Waals surface area contributed by atoms with E-state index < -0.39 is 0 Å². The molecule has 5 heteroatoms. The van der Waals surface area contributed by atoms with Crippen LogP contribution in [0.1, 0.15) is 19.3 Å². The van der Waals surface area contributed by atoms with Crippen molar-refractivity contribution in [2.75, 3.05) is 0 Å². The van der Waals surface area contributed by atoms with Crippen molar-refractivity contribution in [2.24, 2.45) is 5.92 Å². The summed E-state index contributed by atoms with van der Waals surface area (Å²) in [5, 5.41) is 5.56. The normalized spacial score (nSPS) is 16.9. The van der Waals surface area contributed by atoms with Crippen molar-refractivity contribution in [3.63, 3.8) is 0 Å². The van der Waals surface area contributed by atoms with Gasteiger partial charge in [0.15, 0.2) is 5.65 Å².